The molecule has 1 heterocycles. The lowest BCUT2D eigenvalue weighted by Gasteiger charge is -2.12. The zero-order valence-corrected chi connectivity index (χ0v) is 12.2. The van der Waals surface area contributed by atoms with Crippen molar-refractivity contribution in [2.24, 2.45) is 0 Å². The van der Waals surface area contributed by atoms with E-state index in [1.807, 2.05) is 25.1 Å². The third-order valence-corrected chi connectivity index (χ3v) is 3.77. The maximum atomic E-state index is 14.2. The fourth-order valence-electron chi connectivity index (χ4n) is 2.38. The Labute approximate surface area is 125 Å². The molecule has 0 N–H and O–H groups in total. The van der Waals surface area contributed by atoms with Crippen molar-refractivity contribution in [3.8, 4) is 5.69 Å². The highest BCUT2D eigenvalue weighted by Gasteiger charge is 2.18. The molecule has 0 saturated carbocycles. The van der Waals surface area contributed by atoms with Gasteiger partial charge in [-0.05, 0) is 30.7 Å². The van der Waals surface area contributed by atoms with E-state index in [1.165, 1.54) is 6.07 Å². The largest absolute Gasteiger partial charge is 0.291 e. The van der Waals surface area contributed by atoms with Crippen LogP contribution in [0.5, 0.6) is 0 Å². The van der Waals surface area contributed by atoms with Gasteiger partial charge >= 0.3 is 0 Å². The highest BCUT2D eigenvalue weighted by Crippen LogP contribution is 2.31. The monoisotopic (exact) mass is 308 g/mol. The zero-order valence-electron chi connectivity index (χ0n) is 10.7. The van der Waals surface area contributed by atoms with Crippen LogP contribution in [0.3, 0.4) is 0 Å². The summed E-state index contributed by atoms with van der Waals surface area (Å²) >= 11 is 12.1. The minimum absolute atomic E-state index is 0.179. The number of nitrogens with zero attached hydrogens (tertiary/aromatic N) is 2. The average Bonchev–Trinajstić information content (AvgIpc) is 2.79. The molecule has 0 atom stereocenters. The van der Waals surface area contributed by atoms with E-state index in [9.17, 15) is 4.39 Å². The number of hydrogen-bond donors (Lipinski definition) is 0. The Bertz CT molecular complexity index is 776. The van der Waals surface area contributed by atoms with E-state index in [4.69, 9.17) is 23.2 Å². The van der Waals surface area contributed by atoms with Crippen LogP contribution < -0.4 is 0 Å². The SMILES string of the molecule is Cc1cccc2nc(CCl)n(-c3c(F)cccc3Cl)c12. The lowest BCUT2D eigenvalue weighted by molar-refractivity contribution is 0.618. The predicted octanol–water partition coefficient (Wildman–Crippen LogP) is 4.87. The van der Waals surface area contributed by atoms with Crippen LogP contribution in [0.15, 0.2) is 36.4 Å². The molecular weight excluding hydrogens is 298 g/mol. The summed E-state index contributed by atoms with van der Waals surface area (Å²) in [6.45, 7) is 1.95. The summed E-state index contributed by atoms with van der Waals surface area (Å²) in [7, 11) is 0. The van der Waals surface area contributed by atoms with Gasteiger partial charge in [-0.3, -0.25) is 4.57 Å². The van der Waals surface area contributed by atoms with E-state index in [-0.39, 0.29) is 5.88 Å². The fourth-order valence-corrected chi connectivity index (χ4v) is 2.80. The van der Waals surface area contributed by atoms with Crippen LogP contribution >= 0.6 is 23.2 Å². The van der Waals surface area contributed by atoms with Gasteiger partial charge in [0.2, 0.25) is 0 Å². The number of aromatic nitrogens is 2. The number of alkyl halides is 1. The number of para-hydroxylation sites is 2. The van der Waals surface area contributed by atoms with Gasteiger partial charge in [-0.2, -0.15) is 0 Å². The molecule has 0 radical (unpaired) electrons. The molecule has 20 heavy (non-hydrogen) atoms. The first-order valence-corrected chi connectivity index (χ1v) is 7.02. The Balaban J connectivity index is 2.46. The van der Waals surface area contributed by atoms with E-state index in [0.717, 1.165) is 16.6 Å². The zero-order chi connectivity index (χ0) is 14.3. The van der Waals surface area contributed by atoms with Gasteiger partial charge in [0.1, 0.15) is 17.3 Å². The highest BCUT2D eigenvalue weighted by molar-refractivity contribution is 6.32. The van der Waals surface area contributed by atoms with Gasteiger partial charge in [0.15, 0.2) is 0 Å². The van der Waals surface area contributed by atoms with E-state index in [1.54, 1.807) is 16.7 Å². The topological polar surface area (TPSA) is 17.8 Å². The number of aryl methyl sites for hydroxylation is 1. The van der Waals surface area contributed by atoms with Gasteiger partial charge in [0, 0.05) is 0 Å². The number of halogens is 3. The van der Waals surface area contributed by atoms with Crippen molar-refractivity contribution in [1.29, 1.82) is 0 Å². The number of imidazole rings is 1. The highest BCUT2D eigenvalue weighted by atomic mass is 35.5. The first kappa shape index (κ1) is 13.4. The Hall–Kier alpha value is -1.58. The molecule has 3 aromatic rings. The van der Waals surface area contributed by atoms with Crippen molar-refractivity contribution in [1.82, 2.24) is 9.55 Å². The molecule has 0 aliphatic heterocycles. The predicted molar refractivity (Wildman–Crippen MR) is 80.3 cm³/mol. The first-order valence-electron chi connectivity index (χ1n) is 6.10. The van der Waals surface area contributed by atoms with Gasteiger partial charge in [0.25, 0.3) is 0 Å². The first-order chi connectivity index (χ1) is 9.63. The minimum Gasteiger partial charge on any atom is -0.291 e. The Morgan fingerprint density at radius 2 is 1.95 bits per heavy atom. The normalized spacial score (nSPS) is 11.2. The molecule has 0 fully saturated rings. The van der Waals surface area contributed by atoms with Crippen molar-refractivity contribution in [3.05, 3.63) is 58.6 Å². The average molecular weight is 309 g/mol. The van der Waals surface area contributed by atoms with Crippen LogP contribution in [0.25, 0.3) is 16.7 Å². The molecule has 2 nitrogen and oxygen atoms in total. The summed E-state index contributed by atoms with van der Waals surface area (Å²) < 4.78 is 15.9. The van der Waals surface area contributed by atoms with E-state index < -0.39 is 5.82 Å². The van der Waals surface area contributed by atoms with Crippen LogP contribution in [0.2, 0.25) is 5.02 Å². The summed E-state index contributed by atoms with van der Waals surface area (Å²) in [6.07, 6.45) is 0. The summed E-state index contributed by atoms with van der Waals surface area (Å²) in [5, 5.41) is 0.332. The van der Waals surface area contributed by atoms with Gasteiger partial charge in [-0.25, -0.2) is 9.37 Å². The second-order valence-corrected chi connectivity index (χ2v) is 5.18. The van der Waals surface area contributed by atoms with Crippen molar-refractivity contribution >= 4 is 34.2 Å². The van der Waals surface area contributed by atoms with Crippen molar-refractivity contribution in [2.75, 3.05) is 0 Å². The fraction of sp³-hybridized carbons (Fsp3) is 0.133. The number of benzene rings is 2. The molecule has 0 aliphatic rings. The Kier molecular flexibility index (Phi) is 3.40. The maximum absolute atomic E-state index is 14.2. The molecular formula is C15H11Cl2FN2. The summed E-state index contributed by atoms with van der Waals surface area (Å²) in [4.78, 5) is 4.46. The van der Waals surface area contributed by atoms with E-state index in [0.29, 0.717) is 16.5 Å². The second kappa shape index (κ2) is 5.08. The Morgan fingerprint density at radius 1 is 1.20 bits per heavy atom. The van der Waals surface area contributed by atoms with Crippen molar-refractivity contribution in [3.63, 3.8) is 0 Å². The molecule has 3 rings (SSSR count). The smallest absolute Gasteiger partial charge is 0.148 e. The molecule has 0 aliphatic carbocycles. The van der Waals surface area contributed by atoms with Crippen LogP contribution in [0.4, 0.5) is 4.39 Å². The molecule has 0 unspecified atom stereocenters. The van der Waals surface area contributed by atoms with Crippen LogP contribution in [-0.2, 0) is 5.88 Å². The number of rotatable bonds is 2. The quantitative estimate of drug-likeness (QED) is 0.618. The summed E-state index contributed by atoms with van der Waals surface area (Å²) in [5.41, 5.74) is 2.89. The summed E-state index contributed by atoms with van der Waals surface area (Å²) in [5.74, 6) is 0.355. The lowest BCUT2D eigenvalue weighted by Crippen LogP contribution is -2.03. The summed E-state index contributed by atoms with van der Waals surface area (Å²) in [6, 6.07) is 10.4. The number of hydrogen-bond acceptors (Lipinski definition) is 1. The standard InChI is InChI=1S/C15H11Cl2FN2/c1-9-4-2-7-12-14(9)20(13(8-16)19-12)15-10(17)5-3-6-11(15)18/h2-7H,8H2,1H3. The second-order valence-electron chi connectivity index (χ2n) is 4.51. The van der Waals surface area contributed by atoms with Gasteiger partial charge in [0.05, 0.1) is 21.9 Å². The van der Waals surface area contributed by atoms with Gasteiger partial charge in [-0.1, -0.05) is 29.8 Å². The lowest BCUT2D eigenvalue weighted by atomic mass is 10.2. The van der Waals surface area contributed by atoms with Gasteiger partial charge in [-0.15, -0.1) is 11.6 Å². The molecule has 0 saturated heterocycles. The van der Waals surface area contributed by atoms with E-state index in [2.05, 4.69) is 4.98 Å². The van der Waals surface area contributed by atoms with Crippen LogP contribution in [-0.4, -0.2) is 9.55 Å². The molecule has 5 heteroatoms. The molecule has 2 aromatic carbocycles. The van der Waals surface area contributed by atoms with Crippen molar-refractivity contribution < 1.29 is 4.39 Å². The van der Waals surface area contributed by atoms with Crippen LogP contribution in [0, 0.1) is 12.7 Å². The molecule has 0 spiro atoms. The molecule has 102 valence electrons. The molecule has 0 amide bonds. The minimum atomic E-state index is -0.397. The maximum Gasteiger partial charge on any atom is 0.148 e. The third-order valence-electron chi connectivity index (χ3n) is 3.23. The van der Waals surface area contributed by atoms with Gasteiger partial charge < -0.3 is 0 Å². The molecule has 0 bridgehead atoms. The Morgan fingerprint density at radius 3 is 2.65 bits per heavy atom. The van der Waals surface area contributed by atoms with E-state index >= 15 is 0 Å². The third kappa shape index (κ3) is 1.98. The van der Waals surface area contributed by atoms with Crippen molar-refractivity contribution in [2.45, 2.75) is 12.8 Å². The number of fused-ring (bicyclic) bond motifs is 1. The van der Waals surface area contributed by atoms with Crippen LogP contribution in [0.1, 0.15) is 11.4 Å². The molecule has 1 aromatic heterocycles.